The summed E-state index contributed by atoms with van der Waals surface area (Å²) in [6.45, 7) is 0. The van der Waals surface area contributed by atoms with Gasteiger partial charge in [0.2, 0.25) is 0 Å². The number of nitrogens with zero attached hydrogens (tertiary/aromatic N) is 2. The molecule has 2 aromatic rings. The standard InChI is InChI=1S/2C6H5NO2.Ni.4H2O/c2*8-6(9)5-2-1-3-7-4-5;;;;;/h2*1-4H,(H,8,9);;4*1H2/q;;+2;;;;/p+2. The zero-order valence-corrected chi connectivity index (χ0v) is 12.8. The molecule has 0 aliphatic carbocycles. The van der Waals surface area contributed by atoms with Gasteiger partial charge in [-0.05, 0) is 12.1 Å². The van der Waals surface area contributed by atoms with Gasteiger partial charge < -0.3 is 41.7 Å². The molecule has 0 aromatic carbocycles. The average Bonchev–Trinajstić information content (AvgIpc) is 2.41. The Morgan fingerprint density at radius 2 is 1.04 bits per heavy atom. The molecule has 0 spiro atoms. The molecule has 12 N–H and O–H groups in total. The molecule has 2 rings (SSSR count). The first-order valence-electron chi connectivity index (χ1n) is 4.84. The van der Waals surface area contributed by atoms with Gasteiger partial charge in [-0.2, -0.15) is 0 Å². The zero-order valence-electron chi connectivity index (χ0n) is 11.8. The first-order chi connectivity index (χ1) is 8.61. The molecule has 0 unspecified atom stereocenters. The molecule has 0 aliphatic rings. The van der Waals surface area contributed by atoms with E-state index in [4.69, 9.17) is 0 Å². The topological polar surface area (TPSA) is 238 Å². The van der Waals surface area contributed by atoms with Crippen molar-refractivity contribution in [2.45, 2.75) is 0 Å². The molecule has 0 fully saturated rings. The van der Waals surface area contributed by atoms with Gasteiger partial charge in [0, 0.05) is 35.9 Å². The van der Waals surface area contributed by atoms with E-state index in [-0.39, 0.29) is 49.5 Å². The summed E-state index contributed by atoms with van der Waals surface area (Å²) < 4.78 is 0. The number of hydrogen-bond acceptors (Lipinski definition) is 6. The first kappa shape index (κ1) is 32.5. The Balaban J connectivity index is -0.0000000771. The molecule has 0 bridgehead atoms. The SMILES string of the molecule is O=C([O-])c1cccnc1.O=C([O-])c1cccnc1.[Ni+2].[OH3+].[OH3+].[OH3+].[OH3+]. The smallest absolute Gasteiger partial charge is 0.545 e. The van der Waals surface area contributed by atoms with Gasteiger partial charge >= 0.3 is 16.5 Å². The second kappa shape index (κ2) is 17.6. The Morgan fingerprint density at radius 1 is 0.739 bits per heavy atom. The van der Waals surface area contributed by atoms with E-state index in [9.17, 15) is 19.8 Å². The van der Waals surface area contributed by atoms with Crippen molar-refractivity contribution in [1.29, 1.82) is 0 Å². The van der Waals surface area contributed by atoms with Crippen LogP contribution in [-0.4, -0.2) is 21.9 Å². The molecule has 23 heavy (non-hydrogen) atoms. The van der Waals surface area contributed by atoms with Gasteiger partial charge in [0.1, 0.15) is 0 Å². The van der Waals surface area contributed by atoms with E-state index >= 15 is 0 Å². The zero-order chi connectivity index (χ0) is 13.4. The maximum Gasteiger partial charge on any atom is 2.00 e. The van der Waals surface area contributed by atoms with Gasteiger partial charge in [-0.25, -0.2) is 0 Å². The van der Waals surface area contributed by atoms with Crippen LogP contribution in [0.1, 0.15) is 20.7 Å². The number of pyridine rings is 2. The van der Waals surface area contributed by atoms with Crippen LogP contribution < -0.4 is 10.2 Å². The molecule has 2 heterocycles. The molecule has 10 nitrogen and oxygen atoms in total. The van der Waals surface area contributed by atoms with Gasteiger partial charge in [0.15, 0.2) is 0 Å². The van der Waals surface area contributed by atoms with Crippen molar-refractivity contribution in [3.8, 4) is 0 Å². The molecule has 132 valence electrons. The van der Waals surface area contributed by atoms with Gasteiger partial charge in [-0.1, -0.05) is 12.1 Å². The summed E-state index contributed by atoms with van der Waals surface area (Å²) in [6.07, 6.45) is 5.50. The summed E-state index contributed by atoms with van der Waals surface area (Å²) in [5.74, 6) is -2.38. The molecule has 0 saturated heterocycles. The molecular weight excluding hydrogens is 359 g/mol. The number of aromatic carboxylic acids is 2. The van der Waals surface area contributed by atoms with Crippen molar-refractivity contribution in [2.75, 3.05) is 0 Å². The minimum Gasteiger partial charge on any atom is -0.545 e. The van der Waals surface area contributed by atoms with Crippen molar-refractivity contribution in [1.82, 2.24) is 9.97 Å². The van der Waals surface area contributed by atoms with Gasteiger partial charge in [0.05, 0.1) is 11.9 Å². The third-order valence-corrected chi connectivity index (χ3v) is 1.79. The van der Waals surface area contributed by atoms with E-state index in [1.807, 2.05) is 0 Å². The van der Waals surface area contributed by atoms with E-state index in [1.54, 1.807) is 12.1 Å². The van der Waals surface area contributed by atoms with Crippen molar-refractivity contribution in [3.63, 3.8) is 0 Å². The molecule has 11 heteroatoms. The minimum absolute atomic E-state index is 0. The number of aromatic nitrogens is 2. The number of hydrogen-bond donors (Lipinski definition) is 0. The summed E-state index contributed by atoms with van der Waals surface area (Å²) in [5.41, 5.74) is 0.218. The fourth-order valence-corrected chi connectivity index (χ4v) is 0.967. The molecular formula is C12H20N2NiO8+4. The third-order valence-electron chi connectivity index (χ3n) is 1.79. The predicted octanol–water partition coefficient (Wildman–Crippen LogP) is -4.80. The van der Waals surface area contributed by atoms with E-state index in [0.29, 0.717) is 0 Å². The van der Waals surface area contributed by atoms with Crippen LogP contribution in [0.15, 0.2) is 49.1 Å². The number of carboxylic acid groups (broad SMARTS) is 2. The summed E-state index contributed by atoms with van der Waals surface area (Å²) in [4.78, 5) is 27.3. The van der Waals surface area contributed by atoms with Crippen molar-refractivity contribution < 1.29 is 58.2 Å². The van der Waals surface area contributed by atoms with Crippen LogP contribution >= 0.6 is 0 Å². The van der Waals surface area contributed by atoms with Gasteiger partial charge in [-0.15, -0.1) is 0 Å². The van der Waals surface area contributed by atoms with Crippen LogP contribution in [-0.2, 0) is 38.4 Å². The van der Waals surface area contributed by atoms with E-state index in [2.05, 4.69) is 9.97 Å². The quantitative estimate of drug-likeness (QED) is 0.366. The van der Waals surface area contributed by atoms with Crippen molar-refractivity contribution >= 4 is 11.9 Å². The van der Waals surface area contributed by atoms with Crippen LogP contribution in [0.25, 0.3) is 0 Å². The Morgan fingerprint density at radius 3 is 1.17 bits per heavy atom. The molecule has 0 atom stereocenters. The van der Waals surface area contributed by atoms with Crippen LogP contribution in [0, 0.1) is 0 Å². The molecule has 0 saturated carbocycles. The summed E-state index contributed by atoms with van der Waals surface area (Å²) in [5, 5.41) is 20.1. The Kier molecular flexibility index (Phi) is 24.9. The van der Waals surface area contributed by atoms with Crippen LogP contribution in [0.3, 0.4) is 0 Å². The van der Waals surface area contributed by atoms with Gasteiger partial charge in [-0.3, -0.25) is 9.97 Å². The summed E-state index contributed by atoms with van der Waals surface area (Å²) in [7, 11) is 0. The van der Waals surface area contributed by atoms with Gasteiger partial charge in [0.25, 0.3) is 0 Å². The fourth-order valence-electron chi connectivity index (χ4n) is 0.967. The normalized spacial score (nSPS) is 6.96. The molecule has 0 amide bonds. The second-order valence-electron chi connectivity index (χ2n) is 3.06. The molecule has 0 radical (unpaired) electrons. The third kappa shape index (κ3) is 13.0. The van der Waals surface area contributed by atoms with E-state index < -0.39 is 11.9 Å². The summed E-state index contributed by atoms with van der Waals surface area (Å²) in [6, 6.07) is 5.96. The molecule has 0 aliphatic heterocycles. The largest absolute Gasteiger partial charge is 2.00 e. The number of carbonyl (C=O) groups excluding carboxylic acids is 2. The number of carbonyl (C=O) groups is 2. The van der Waals surface area contributed by atoms with Crippen molar-refractivity contribution in [3.05, 3.63) is 60.2 Å². The Hall–Kier alpha value is -2.43. The Labute approximate surface area is 141 Å². The maximum atomic E-state index is 10.0. The number of carboxylic acids is 2. The predicted molar refractivity (Wildman–Crippen MR) is 76.6 cm³/mol. The van der Waals surface area contributed by atoms with E-state index in [0.717, 1.165) is 0 Å². The number of rotatable bonds is 2. The fraction of sp³-hybridized carbons (Fsp3) is 0. The second-order valence-corrected chi connectivity index (χ2v) is 3.06. The molecule has 2 aromatic heterocycles. The maximum absolute atomic E-state index is 10.0. The summed E-state index contributed by atoms with van der Waals surface area (Å²) >= 11 is 0. The Bertz CT molecular complexity index is 478. The van der Waals surface area contributed by atoms with E-state index in [1.165, 1.54) is 36.9 Å². The van der Waals surface area contributed by atoms with Crippen LogP contribution in [0.2, 0.25) is 0 Å². The minimum atomic E-state index is -1.19. The van der Waals surface area contributed by atoms with Crippen LogP contribution in [0.4, 0.5) is 0 Å². The first-order valence-corrected chi connectivity index (χ1v) is 4.84. The average molecular weight is 379 g/mol. The monoisotopic (exact) mass is 378 g/mol. The van der Waals surface area contributed by atoms with Crippen molar-refractivity contribution in [2.24, 2.45) is 0 Å². The van der Waals surface area contributed by atoms with Crippen LogP contribution in [0.5, 0.6) is 0 Å².